The van der Waals surface area contributed by atoms with Crippen molar-refractivity contribution in [2.45, 2.75) is 50.8 Å². The van der Waals surface area contributed by atoms with Gasteiger partial charge in [0.1, 0.15) is 0 Å². The van der Waals surface area contributed by atoms with Gasteiger partial charge in [-0.15, -0.1) is 0 Å². The maximum Gasteiger partial charge on any atom is 0.485 e. The second-order valence-electron chi connectivity index (χ2n) is 7.20. The van der Waals surface area contributed by atoms with Crippen LogP contribution in [0.5, 0.6) is 0 Å². The summed E-state index contributed by atoms with van der Waals surface area (Å²) in [6, 6.07) is 0. The zero-order valence-corrected chi connectivity index (χ0v) is 23.0. The van der Waals surface area contributed by atoms with Gasteiger partial charge in [0.25, 0.3) is 0 Å². The summed E-state index contributed by atoms with van der Waals surface area (Å²) < 4.78 is 123. The number of alkyl halides is 6. The zero-order chi connectivity index (χ0) is 26.5. The molecule has 6 nitrogen and oxygen atoms in total. The van der Waals surface area contributed by atoms with E-state index in [4.69, 9.17) is 25.9 Å². The van der Waals surface area contributed by atoms with Crippen LogP contribution in [0.3, 0.4) is 0 Å². The summed E-state index contributed by atoms with van der Waals surface area (Å²) in [5.74, 6) is 0. The van der Waals surface area contributed by atoms with Crippen molar-refractivity contribution in [3.8, 4) is 0 Å². The van der Waals surface area contributed by atoms with E-state index in [1.54, 1.807) is 3.21 Å². The first-order valence-corrected chi connectivity index (χ1v) is 21.7. The quantitative estimate of drug-likeness (QED) is 0.196. The first-order valence-electron chi connectivity index (χ1n) is 8.98. The maximum absolute atomic E-state index is 10.7. The predicted molar refractivity (Wildman–Crippen MR) is 109 cm³/mol. The number of halogens is 6. The van der Waals surface area contributed by atoms with E-state index in [1.807, 2.05) is 6.56 Å². The first kappa shape index (κ1) is 32.3. The van der Waals surface area contributed by atoms with Crippen LogP contribution < -0.4 is 0 Å². The van der Waals surface area contributed by atoms with E-state index in [0.717, 1.165) is 0 Å². The molecule has 0 atom stereocenters. The van der Waals surface area contributed by atoms with E-state index in [1.165, 1.54) is 12.8 Å². The molecule has 16 heteroatoms. The minimum absolute atomic E-state index is 0.241. The summed E-state index contributed by atoms with van der Waals surface area (Å²) in [5.41, 5.74) is -11.5. The molecular formula is C17H22F6O6S2SiZr. The van der Waals surface area contributed by atoms with E-state index in [2.05, 4.69) is 63.4 Å². The molecule has 33 heavy (non-hydrogen) atoms. The first-order chi connectivity index (χ1) is 14.6. The Hall–Kier alpha value is -0.670. The van der Waals surface area contributed by atoms with Crippen molar-refractivity contribution in [2.75, 3.05) is 0 Å². The molecule has 0 saturated carbocycles. The van der Waals surface area contributed by atoms with Crippen molar-refractivity contribution in [2.24, 2.45) is 0 Å². The summed E-state index contributed by atoms with van der Waals surface area (Å²) in [4.78, 5) is 0. The van der Waals surface area contributed by atoms with Crippen molar-refractivity contribution in [3.63, 3.8) is 0 Å². The van der Waals surface area contributed by atoms with Crippen LogP contribution in [0.4, 0.5) is 26.3 Å². The third-order valence-electron chi connectivity index (χ3n) is 4.57. The van der Waals surface area contributed by atoms with Crippen LogP contribution in [0, 0.1) is 0 Å². The topological polar surface area (TPSA) is 114 Å². The third kappa shape index (κ3) is 8.80. The predicted octanol–water partition coefficient (Wildman–Crippen LogP) is 4.39. The van der Waals surface area contributed by atoms with E-state index >= 15 is 0 Å². The molecule has 2 aliphatic carbocycles. The Morgan fingerprint density at radius 2 is 1.09 bits per heavy atom. The van der Waals surface area contributed by atoms with E-state index in [-0.39, 0.29) is 5.43 Å². The summed E-state index contributed by atoms with van der Waals surface area (Å²) in [6.07, 6.45) is 16.6. The molecule has 0 aliphatic heterocycles. The molecule has 0 unspecified atom stereocenters. The number of rotatable bonds is 2. The molecule has 0 amide bonds. The molecule has 0 heterocycles. The van der Waals surface area contributed by atoms with Crippen LogP contribution >= 0.6 is 0 Å². The molecule has 0 bridgehead atoms. The molecule has 0 saturated heterocycles. The maximum atomic E-state index is 10.7. The Kier molecular flexibility index (Phi) is 11.6. The molecule has 0 radical (unpaired) electrons. The Balaban J connectivity index is 0.000000539. The number of hydrogen-bond acceptors (Lipinski definition) is 6. The molecule has 0 aromatic carbocycles. The third-order valence-corrected chi connectivity index (χ3v) is 35.3. The summed E-state index contributed by atoms with van der Waals surface area (Å²) in [7, 11) is -12.2. The van der Waals surface area contributed by atoms with Gasteiger partial charge < -0.3 is 9.11 Å². The summed E-state index contributed by atoms with van der Waals surface area (Å²) in [5, 5.41) is 0. The van der Waals surface area contributed by atoms with Gasteiger partial charge in [0.2, 0.25) is 0 Å². The van der Waals surface area contributed by atoms with E-state index < -0.39 is 49.7 Å². The Morgan fingerprint density at radius 1 is 0.818 bits per heavy atom. The SMILES string of the molecule is C[C](C)=[Zr+2]([C]1=CC=CC1)([C]1=CC=CC1)=[Si](C)C.O=S(=O)([O-])C(F)(F)F.O=S(=O)([O-])C(F)(F)F. The van der Waals surface area contributed by atoms with Gasteiger partial charge in [-0.1, -0.05) is 0 Å². The van der Waals surface area contributed by atoms with Crippen molar-refractivity contribution in [3.05, 3.63) is 43.0 Å². The second-order valence-corrected chi connectivity index (χ2v) is 33.1. The van der Waals surface area contributed by atoms with Crippen molar-refractivity contribution < 1.29 is 70.7 Å². The molecule has 0 N–H and O–H groups in total. The van der Waals surface area contributed by atoms with E-state index in [9.17, 15) is 26.3 Å². The van der Waals surface area contributed by atoms with Gasteiger partial charge in [-0.05, 0) is 0 Å². The fourth-order valence-electron chi connectivity index (χ4n) is 3.44. The summed E-state index contributed by atoms with van der Waals surface area (Å²) >= 11 is -2.36. The second kappa shape index (κ2) is 11.8. The van der Waals surface area contributed by atoms with Crippen LogP contribution in [0.15, 0.2) is 43.0 Å². The number of hydrogen-bond donors (Lipinski definition) is 0. The average molecular weight is 620 g/mol. The molecule has 188 valence electrons. The molecule has 0 aromatic heterocycles. The molecule has 0 fully saturated rings. The van der Waals surface area contributed by atoms with Gasteiger partial charge in [-0.25, -0.2) is 16.8 Å². The Labute approximate surface area is 192 Å². The number of allylic oxidation sites excluding steroid dienone is 8. The van der Waals surface area contributed by atoms with Crippen LogP contribution in [0.2, 0.25) is 13.1 Å². The Morgan fingerprint density at radius 3 is 1.21 bits per heavy atom. The van der Waals surface area contributed by atoms with Crippen LogP contribution in [-0.4, -0.2) is 45.6 Å². The van der Waals surface area contributed by atoms with Gasteiger partial charge in [0, 0.05) is 0 Å². The molecule has 2 aliphatic rings. The standard InChI is InChI=1S/2C5H5.C3H6.C2H6Si.2CHF3O3S.Zr/c2*1-2-4-5-3-1;2*1-3-2;2*2-1(3,4)8(5,6)7;/h2*1-3H,4H2;2*1-2H3;2*(H,5,6,7);/q;;;;;;+2/p-2. The van der Waals surface area contributed by atoms with Crippen molar-refractivity contribution in [1.29, 1.82) is 0 Å². The molecule has 2 rings (SSSR count). The molecular weight excluding hydrogens is 598 g/mol. The van der Waals surface area contributed by atoms with Gasteiger partial charge in [0.05, 0.1) is 0 Å². The van der Waals surface area contributed by atoms with Crippen LogP contribution in [0.1, 0.15) is 26.7 Å². The van der Waals surface area contributed by atoms with Crippen molar-refractivity contribution >= 4 is 28.9 Å². The van der Waals surface area contributed by atoms with Crippen LogP contribution in [-0.2, 0) is 38.6 Å². The van der Waals surface area contributed by atoms with Gasteiger partial charge in [-0.3, -0.25) is 0 Å². The fraction of sp³-hybridized carbons (Fsp3) is 0.471. The minimum atomic E-state index is -6.09. The summed E-state index contributed by atoms with van der Waals surface area (Å²) in [6.45, 7) is 9.91. The van der Waals surface area contributed by atoms with Gasteiger partial charge >= 0.3 is 121 Å². The molecule has 0 aromatic rings. The largest absolute Gasteiger partial charge is 0.741 e. The van der Waals surface area contributed by atoms with E-state index in [0.29, 0.717) is 0 Å². The average Bonchev–Trinajstić information content (AvgIpc) is 3.26. The van der Waals surface area contributed by atoms with Gasteiger partial charge in [0.15, 0.2) is 20.2 Å². The smallest absolute Gasteiger partial charge is 0.485 e. The normalized spacial score (nSPS) is 15.3. The zero-order valence-electron chi connectivity index (χ0n) is 17.9. The van der Waals surface area contributed by atoms with Gasteiger partial charge in [-0.2, -0.15) is 26.3 Å². The molecule has 0 spiro atoms. The van der Waals surface area contributed by atoms with Crippen LogP contribution in [0.25, 0.3) is 0 Å². The Bertz CT molecular complexity index is 1090. The monoisotopic (exact) mass is 618 g/mol. The van der Waals surface area contributed by atoms with Crippen molar-refractivity contribution in [1.82, 2.24) is 0 Å². The fourth-order valence-corrected chi connectivity index (χ4v) is 32.7. The minimum Gasteiger partial charge on any atom is -0.741 e.